The van der Waals surface area contributed by atoms with E-state index in [1.807, 2.05) is 0 Å². The Bertz CT molecular complexity index is 674. The van der Waals surface area contributed by atoms with E-state index in [4.69, 9.17) is 14.2 Å². The molecule has 0 saturated heterocycles. The van der Waals surface area contributed by atoms with E-state index in [0.717, 1.165) is 32.5 Å². The normalized spacial score (nSPS) is 12.5. The van der Waals surface area contributed by atoms with Crippen LogP contribution in [-0.4, -0.2) is 49.6 Å². The molecule has 0 spiro atoms. The maximum Gasteiger partial charge on any atom is 0.0649 e. The molecule has 172 valence electrons. The van der Waals surface area contributed by atoms with Gasteiger partial charge < -0.3 is 14.2 Å². The fourth-order valence-electron chi connectivity index (χ4n) is 3.41. The van der Waals surface area contributed by atoms with Gasteiger partial charge in [-0.3, -0.25) is 4.90 Å². The van der Waals surface area contributed by atoms with Gasteiger partial charge in [0, 0.05) is 33.4 Å². The third kappa shape index (κ3) is 10.9. The Morgan fingerprint density at radius 1 is 0.645 bits per heavy atom. The van der Waals surface area contributed by atoms with E-state index in [-0.39, 0.29) is 11.2 Å². The molecular weight excluding hydrogens is 386 g/mol. The first-order valence-electron chi connectivity index (χ1n) is 11.4. The molecule has 0 fully saturated rings. The van der Waals surface area contributed by atoms with Crippen LogP contribution in [0, 0.1) is 0 Å². The molecule has 0 N–H and O–H groups in total. The molecule has 4 heteroatoms. The Kier molecular flexibility index (Phi) is 10.7. The quantitative estimate of drug-likeness (QED) is 0.364. The summed E-state index contributed by atoms with van der Waals surface area (Å²) in [5.74, 6) is 0. The van der Waals surface area contributed by atoms with E-state index in [1.165, 1.54) is 11.1 Å². The van der Waals surface area contributed by atoms with Crippen molar-refractivity contribution in [1.82, 2.24) is 4.90 Å². The Morgan fingerprint density at radius 2 is 1.10 bits per heavy atom. The van der Waals surface area contributed by atoms with Crippen molar-refractivity contribution in [1.29, 1.82) is 0 Å². The summed E-state index contributed by atoms with van der Waals surface area (Å²) < 4.78 is 17.5. The van der Waals surface area contributed by atoms with Crippen molar-refractivity contribution >= 4 is 0 Å². The van der Waals surface area contributed by atoms with Crippen LogP contribution in [0.1, 0.15) is 51.7 Å². The van der Waals surface area contributed by atoms with E-state index in [2.05, 4.69) is 93.3 Å². The Labute approximate surface area is 189 Å². The first-order chi connectivity index (χ1) is 14.8. The molecule has 2 rings (SSSR count). The number of nitrogens with zero attached hydrogens (tertiary/aromatic N) is 1. The lowest BCUT2D eigenvalue weighted by Crippen LogP contribution is -2.34. The van der Waals surface area contributed by atoms with Crippen molar-refractivity contribution in [3.05, 3.63) is 71.8 Å². The average molecular weight is 428 g/mol. The lowest BCUT2D eigenvalue weighted by Gasteiger charge is -2.31. The molecule has 0 atom stereocenters. The molecule has 2 aromatic carbocycles. The van der Waals surface area contributed by atoms with Gasteiger partial charge in [-0.15, -0.1) is 0 Å². The molecule has 0 bridgehead atoms. The first-order valence-corrected chi connectivity index (χ1v) is 11.4. The van der Waals surface area contributed by atoms with Gasteiger partial charge in [0.1, 0.15) is 0 Å². The van der Waals surface area contributed by atoms with Crippen LogP contribution in [-0.2, 0) is 27.3 Å². The maximum absolute atomic E-state index is 6.28. The smallest absolute Gasteiger partial charge is 0.0649 e. The molecule has 0 radical (unpaired) electrons. The zero-order valence-electron chi connectivity index (χ0n) is 20.1. The van der Waals surface area contributed by atoms with Crippen LogP contribution < -0.4 is 0 Å². The number of benzene rings is 2. The van der Waals surface area contributed by atoms with E-state index in [0.29, 0.717) is 19.8 Å². The van der Waals surface area contributed by atoms with E-state index in [1.54, 1.807) is 7.11 Å². The maximum atomic E-state index is 6.28. The van der Waals surface area contributed by atoms with Crippen molar-refractivity contribution in [2.75, 3.05) is 33.5 Å². The molecule has 0 aliphatic carbocycles. The molecule has 0 aromatic heterocycles. The lowest BCUT2D eigenvalue weighted by molar-refractivity contribution is -0.0818. The third-order valence-corrected chi connectivity index (χ3v) is 5.50. The number of methoxy groups -OCH3 is 1. The van der Waals surface area contributed by atoms with Gasteiger partial charge in [0.15, 0.2) is 0 Å². The van der Waals surface area contributed by atoms with Crippen molar-refractivity contribution < 1.29 is 14.2 Å². The molecule has 0 amide bonds. The van der Waals surface area contributed by atoms with Crippen molar-refractivity contribution in [3.63, 3.8) is 0 Å². The van der Waals surface area contributed by atoms with Crippen LogP contribution in [0.5, 0.6) is 0 Å². The van der Waals surface area contributed by atoms with Crippen LogP contribution in [0.4, 0.5) is 0 Å². The van der Waals surface area contributed by atoms with Gasteiger partial charge in [-0.1, -0.05) is 60.7 Å². The molecular formula is C27H41NO3. The first kappa shape index (κ1) is 25.5. The minimum Gasteiger partial charge on any atom is -0.385 e. The third-order valence-electron chi connectivity index (χ3n) is 5.50. The second-order valence-corrected chi connectivity index (χ2v) is 9.39. The monoisotopic (exact) mass is 427 g/mol. The van der Waals surface area contributed by atoms with E-state index < -0.39 is 0 Å². The molecule has 31 heavy (non-hydrogen) atoms. The molecule has 2 aromatic rings. The van der Waals surface area contributed by atoms with Crippen LogP contribution in [0.3, 0.4) is 0 Å². The Hall–Kier alpha value is -1.72. The van der Waals surface area contributed by atoms with Crippen LogP contribution >= 0.6 is 0 Å². The fourth-order valence-corrected chi connectivity index (χ4v) is 3.41. The minimum absolute atomic E-state index is 0.172. The van der Waals surface area contributed by atoms with Crippen molar-refractivity contribution in [3.8, 4) is 0 Å². The van der Waals surface area contributed by atoms with Crippen LogP contribution in [0.15, 0.2) is 60.7 Å². The SMILES string of the molecule is COCCC(C)(C)OCCC(C)(C)OCCN(Cc1ccccc1)Cc1ccccc1. The van der Waals surface area contributed by atoms with Gasteiger partial charge in [0.2, 0.25) is 0 Å². The molecule has 0 unspecified atom stereocenters. The molecule has 0 heterocycles. The molecule has 0 aliphatic rings. The number of ether oxygens (including phenoxy) is 3. The molecule has 4 nitrogen and oxygen atoms in total. The highest BCUT2D eigenvalue weighted by Gasteiger charge is 2.23. The largest absolute Gasteiger partial charge is 0.385 e. The standard InChI is InChI=1S/C27H41NO3/c1-26(2,16-19-29-5)30-20-17-27(3,4)31-21-18-28(22-24-12-8-6-9-13-24)23-25-14-10-7-11-15-25/h6-15H,16-23H2,1-5H3. The summed E-state index contributed by atoms with van der Waals surface area (Å²) in [7, 11) is 1.73. The Morgan fingerprint density at radius 3 is 1.58 bits per heavy atom. The number of hydrogen-bond acceptors (Lipinski definition) is 4. The second kappa shape index (κ2) is 13.0. The van der Waals surface area contributed by atoms with Gasteiger partial charge >= 0.3 is 0 Å². The van der Waals surface area contributed by atoms with Gasteiger partial charge in [-0.2, -0.15) is 0 Å². The lowest BCUT2D eigenvalue weighted by atomic mass is 10.0. The highest BCUT2D eigenvalue weighted by atomic mass is 16.5. The molecule has 0 saturated carbocycles. The summed E-state index contributed by atoms with van der Waals surface area (Å²) in [6.07, 6.45) is 1.75. The zero-order valence-corrected chi connectivity index (χ0v) is 20.1. The van der Waals surface area contributed by atoms with Crippen molar-refractivity contribution in [2.45, 2.75) is 64.8 Å². The van der Waals surface area contributed by atoms with E-state index >= 15 is 0 Å². The predicted octanol–water partition coefficient (Wildman–Crippen LogP) is 5.71. The Balaban J connectivity index is 1.82. The van der Waals surface area contributed by atoms with Crippen LogP contribution in [0.2, 0.25) is 0 Å². The predicted molar refractivity (Wildman–Crippen MR) is 128 cm³/mol. The van der Waals surface area contributed by atoms with E-state index in [9.17, 15) is 0 Å². The number of rotatable bonds is 15. The zero-order chi connectivity index (χ0) is 22.6. The summed E-state index contributed by atoms with van der Waals surface area (Å²) in [5, 5.41) is 0. The topological polar surface area (TPSA) is 30.9 Å². The summed E-state index contributed by atoms with van der Waals surface area (Å²) >= 11 is 0. The van der Waals surface area contributed by atoms with Gasteiger partial charge in [-0.05, 0) is 51.7 Å². The second-order valence-electron chi connectivity index (χ2n) is 9.39. The van der Waals surface area contributed by atoms with Gasteiger partial charge in [0.25, 0.3) is 0 Å². The highest BCUT2D eigenvalue weighted by molar-refractivity contribution is 5.17. The summed E-state index contributed by atoms with van der Waals surface area (Å²) in [6, 6.07) is 21.3. The summed E-state index contributed by atoms with van der Waals surface area (Å²) in [6.45, 7) is 13.3. The van der Waals surface area contributed by atoms with Gasteiger partial charge in [0.05, 0.1) is 24.4 Å². The minimum atomic E-state index is -0.220. The summed E-state index contributed by atoms with van der Waals surface area (Å²) in [4.78, 5) is 2.45. The summed E-state index contributed by atoms with van der Waals surface area (Å²) in [5.41, 5.74) is 2.25. The van der Waals surface area contributed by atoms with Gasteiger partial charge in [-0.25, -0.2) is 0 Å². The highest BCUT2D eigenvalue weighted by Crippen LogP contribution is 2.20. The van der Waals surface area contributed by atoms with Crippen LogP contribution in [0.25, 0.3) is 0 Å². The fraction of sp³-hybridized carbons (Fsp3) is 0.556. The molecule has 0 aliphatic heterocycles. The number of hydrogen-bond donors (Lipinski definition) is 0. The van der Waals surface area contributed by atoms with Crippen molar-refractivity contribution in [2.24, 2.45) is 0 Å². The average Bonchev–Trinajstić information content (AvgIpc) is 2.73.